The van der Waals surface area contributed by atoms with E-state index in [2.05, 4.69) is 5.32 Å². The van der Waals surface area contributed by atoms with Gasteiger partial charge in [0, 0.05) is 29.7 Å². The fourth-order valence-corrected chi connectivity index (χ4v) is 4.99. The van der Waals surface area contributed by atoms with Crippen molar-refractivity contribution in [2.24, 2.45) is 5.92 Å². The summed E-state index contributed by atoms with van der Waals surface area (Å²) in [5, 5.41) is 3.53. The van der Waals surface area contributed by atoms with Crippen molar-refractivity contribution in [1.82, 2.24) is 4.31 Å². The lowest BCUT2D eigenvalue weighted by molar-refractivity contribution is -0.120. The molecule has 2 aromatic carbocycles. The lowest BCUT2D eigenvalue weighted by Crippen LogP contribution is -2.41. The summed E-state index contributed by atoms with van der Waals surface area (Å²) in [6.07, 6.45) is 1.03. The second-order valence-corrected chi connectivity index (χ2v) is 9.19. The van der Waals surface area contributed by atoms with Crippen LogP contribution in [0.5, 0.6) is 0 Å². The zero-order valence-electron chi connectivity index (χ0n) is 15.2. The minimum atomic E-state index is -3.37. The largest absolute Gasteiger partial charge is 0.326 e. The Morgan fingerprint density at radius 3 is 2.44 bits per heavy atom. The van der Waals surface area contributed by atoms with Crippen LogP contribution in [0, 0.1) is 12.8 Å². The number of rotatable bonds is 5. The van der Waals surface area contributed by atoms with Crippen molar-refractivity contribution in [3.05, 3.63) is 64.7 Å². The van der Waals surface area contributed by atoms with Gasteiger partial charge in [0.1, 0.15) is 0 Å². The molecular formula is C20H23ClN2O3S. The maximum atomic E-state index is 12.6. The molecule has 1 amide bonds. The van der Waals surface area contributed by atoms with Gasteiger partial charge in [0.2, 0.25) is 15.9 Å². The van der Waals surface area contributed by atoms with E-state index in [0.717, 1.165) is 11.1 Å². The van der Waals surface area contributed by atoms with E-state index in [1.807, 2.05) is 43.3 Å². The van der Waals surface area contributed by atoms with E-state index >= 15 is 0 Å². The summed E-state index contributed by atoms with van der Waals surface area (Å²) in [5.74, 6) is -0.293. The van der Waals surface area contributed by atoms with Crippen molar-refractivity contribution in [3.63, 3.8) is 0 Å². The number of benzene rings is 2. The van der Waals surface area contributed by atoms with Crippen molar-refractivity contribution in [3.8, 4) is 0 Å². The molecule has 0 unspecified atom stereocenters. The molecule has 0 atom stereocenters. The molecule has 0 aliphatic carbocycles. The number of hydrogen-bond donors (Lipinski definition) is 1. The number of nitrogens with zero attached hydrogens (tertiary/aromatic N) is 1. The number of carbonyl (C=O) groups is 1. The van der Waals surface area contributed by atoms with E-state index in [-0.39, 0.29) is 17.6 Å². The van der Waals surface area contributed by atoms with Gasteiger partial charge in [-0.2, -0.15) is 0 Å². The second kappa shape index (κ2) is 8.42. The maximum Gasteiger partial charge on any atom is 0.227 e. The highest BCUT2D eigenvalue weighted by Crippen LogP contribution is 2.26. The van der Waals surface area contributed by atoms with Crippen LogP contribution in [0.2, 0.25) is 5.02 Å². The van der Waals surface area contributed by atoms with Gasteiger partial charge in [-0.05, 0) is 43.0 Å². The van der Waals surface area contributed by atoms with E-state index in [9.17, 15) is 13.2 Å². The van der Waals surface area contributed by atoms with Crippen molar-refractivity contribution >= 4 is 33.2 Å². The molecule has 1 aliphatic heterocycles. The lowest BCUT2D eigenvalue weighted by Gasteiger charge is -2.30. The summed E-state index contributed by atoms with van der Waals surface area (Å²) < 4.78 is 26.7. The molecule has 0 spiro atoms. The summed E-state index contributed by atoms with van der Waals surface area (Å²) >= 11 is 6.09. The van der Waals surface area contributed by atoms with Crippen LogP contribution in [0.25, 0.3) is 0 Å². The monoisotopic (exact) mass is 406 g/mol. The number of nitrogens with one attached hydrogen (secondary N) is 1. The smallest absolute Gasteiger partial charge is 0.227 e. The third-order valence-corrected chi connectivity index (χ3v) is 7.20. The molecule has 1 N–H and O–H groups in total. The summed E-state index contributed by atoms with van der Waals surface area (Å²) in [6, 6.07) is 14.5. The van der Waals surface area contributed by atoms with E-state index < -0.39 is 10.0 Å². The predicted octanol–water partition coefficient (Wildman–Crippen LogP) is 3.83. The molecule has 3 rings (SSSR count). The molecule has 0 aromatic heterocycles. The molecule has 2 aromatic rings. The number of carbonyl (C=O) groups excluding carboxylic acids is 1. The first-order valence-electron chi connectivity index (χ1n) is 8.94. The molecule has 144 valence electrons. The van der Waals surface area contributed by atoms with E-state index in [1.54, 1.807) is 12.1 Å². The van der Waals surface area contributed by atoms with Crippen molar-refractivity contribution in [2.45, 2.75) is 25.5 Å². The van der Waals surface area contributed by atoms with Gasteiger partial charge in [0.15, 0.2) is 0 Å². The van der Waals surface area contributed by atoms with Crippen LogP contribution in [-0.2, 0) is 20.6 Å². The standard InChI is InChI=1S/C20H23ClN2O3S/c1-15-18(21)8-5-9-19(15)22-20(24)17-10-12-23(13-11-17)27(25,26)14-16-6-3-2-4-7-16/h2-9,17H,10-14H2,1H3,(H,22,24). The van der Waals surface area contributed by atoms with E-state index in [4.69, 9.17) is 11.6 Å². The Hall–Kier alpha value is -1.89. The second-order valence-electron chi connectivity index (χ2n) is 6.82. The third-order valence-electron chi connectivity index (χ3n) is 4.94. The topological polar surface area (TPSA) is 66.5 Å². The van der Waals surface area contributed by atoms with Crippen LogP contribution < -0.4 is 5.32 Å². The minimum Gasteiger partial charge on any atom is -0.326 e. The summed E-state index contributed by atoms with van der Waals surface area (Å²) in [4.78, 5) is 12.6. The quantitative estimate of drug-likeness (QED) is 0.820. The van der Waals surface area contributed by atoms with Gasteiger partial charge < -0.3 is 5.32 Å². The molecule has 0 bridgehead atoms. The highest BCUT2D eigenvalue weighted by molar-refractivity contribution is 7.88. The van der Waals surface area contributed by atoms with Gasteiger partial charge in [-0.25, -0.2) is 12.7 Å². The Morgan fingerprint density at radius 2 is 1.78 bits per heavy atom. The average molecular weight is 407 g/mol. The normalized spacial score (nSPS) is 16.2. The van der Waals surface area contributed by atoms with Crippen molar-refractivity contribution in [2.75, 3.05) is 18.4 Å². The summed E-state index contributed by atoms with van der Waals surface area (Å²) in [5.41, 5.74) is 2.30. The Kier molecular flexibility index (Phi) is 6.19. The molecule has 1 saturated heterocycles. The molecule has 0 saturated carbocycles. The zero-order valence-corrected chi connectivity index (χ0v) is 16.8. The van der Waals surface area contributed by atoms with Crippen LogP contribution in [0.1, 0.15) is 24.0 Å². The Labute approximate surface area is 165 Å². The minimum absolute atomic E-state index is 0.00753. The van der Waals surface area contributed by atoms with Crippen molar-refractivity contribution in [1.29, 1.82) is 0 Å². The number of piperidine rings is 1. The first-order valence-corrected chi connectivity index (χ1v) is 10.9. The fourth-order valence-electron chi connectivity index (χ4n) is 3.25. The van der Waals surface area contributed by atoms with Gasteiger partial charge >= 0.3 is 0 Å². The van der Waals surface area contributed by atoms with E-state index in [0.29, 0.717) is 36.6 Å². The number of hydrogen-bond acceptors (Lipinski definition) is 3. The van der Waals surface area contributed by atoms with Gasteiger partial charge in [-0.3, -0.25) is 4.79 Å². The number of anilines is 1. The van der Waals surface area contributed by atoms with E-state index in [1.165, 1.54) is 4.31 Å². The Balaban J connectivity index is 1.58. The SMILES string of the molecule is Cc1c(Cl)cccc1NC(=O)C1CCN(S(=O)(=O)Cc2ccccc2)CC1. The fraction of sp³-hybridized carbons (Fsp3) is 0.350. The Bertz CT molecular complexity index is 908. The van der Waals surface area contributed by atoms with Gasteiger partial charge in [-0.1, -0.05) is 48.0 Å². The molecule has 1 fully saturated rings. The highest BCUT2D eigenvalue weighted by atomic mass is 35.5. The van der Waals surface area contributed by atoms with Crippen LogP contribution >= 0.6 is 11.6 Å². The predicted molar refractivity (Wildman–Crippen MR) is 108 cm³/mol. The molecule has 0 radical (unpaired) electrons. The van der Waals surface area contributed by atoms with Crippen LogP contribution in [0.3, 0.4) is 0 Å². The summed E-state index contributed by atoms with van der Waals surface area (Å²) in [6.45, 7) is 2.58. The Morgan fingerprint density at radius 1 is 1.11 bits per heavy atom. The lowest BCUT2D eigenvalue weighted by atomic mass is 9.97. The first kappa shape index (κ1) is 19.9. The van der Waals surface area contributed by atoms with Gasteiger partial charge in [0.05, 0.1) is 5.75 Å². The maximum absolute atomic E-state index is 12.6. The van der Waals surface area contributed by atoms with Crippen LogP contribution in [-0.4, -0.2) is 31.7 Å². The summed E-state index contributed by atoms with van der Waals surface area (Å²) in [7, 11) is -3.37. The van der Waals surface area contributed by atoms with Crippen LogP contribution in [0.15, 0.2) is 48.5 Å². The number of halogens is 1. The molecule has 7 heteroatoms. The van der Waals surface area contributed by atoms with Gasteiger partial charge in [0.25, 0.3) is 0 Å². The van der Waals surface area contributed by atoms with Gasteiger partial charge in [-0.15, -0.1) is 0 Å². The third kappa shape index (κ3) is 4.89. The average Bonchev–Trinajstić information content (AvgIpc) is 2.66. The zero-order chi connectivity index (χ0) is 19.4. The molecule has 5 nitrogen and oxygen atoms in total. The molecule has 1 heterocycles. The highest BCUT2D eigenvalue weighted by Gasteiger charge is 2.31. The van der Waals surface area contributed by atoms with Crippen LogP contribution in [0.4, 0.5) is 5.69 Å². The molecule has 1 aliphatic rings. The first-order chi connectivity index (χ1) is 12.9. The van der Waals surface area contributed by atoms with Crippen molar-refractivity contribution < 1.29 is 13.2 Å². The molecular weight excluding hydrogens is 384 g/mol. The number of amides is 1. The molecule has 27 heavy (non-hydrogen) atoms. The number of sulfonamides is 1.